The van der Waals surface area contributed by atoms with Gasteiger partial charge in [-0.2, -0.15) is 0 Å². The first kappa shape index (κ1) is 26.1. The molecule has 1 aliphatic rings. The topological polar surface area (TPSA) is 98.2 Å². The zero-order valence-electron chi connectivity index (χ0n) is 16.6. The van der Waals surface area contributed by atoms with Crippen LogP contribution in [0.2, 0.25) is 0 Å². The van der Waals surface area contributed by atoms with Crippen LogP contribution in [0.4, 0.5) is 0 Å². The fraction of sp³-hybridized carbons (Fsp3) is 0.882. The number of halogens is 1. The van der Waals surface area contributed by atoms with Gasteiger partial charge in [0.05, 0.1) is 18.8 Å². The predicted octanol–water partition coefficient (Wildman–Crippen LogP) is 1.26. The van der Waals surface area contributed by atoms with E-state index in [4.69, 9.17) is 0 Å². The maximum atomic E-state index is 12.6. The number of hydrogen-bond acceptors (Lipinski definition) is 5. The number of carboxylic acid groups (broad SMARTS) is 1. The predicted molar refractivity (Wildman–Crippen MR) is 108 cm³/mol. The molecule has 27 heavy (non-hydrogen) atoms. The van der Waals surface area contributed by atoms with Crippen LogP contribution in [-0.2, 0) is 19.6 Å². The van der Waals surface area contributed by atoms with Crippen molar-refractivity contribution in [2.45, 2.75) is 52.5 Å². The molecule has 0 aromatic heterocycles. The van der Waals surface area contributed by atoms with E-state index in [0.717, 1.165) is 12.8 Å². The molecule has 0 aromatic rings. The van der Waals surface area contributed by atoms with Crippen LogP contribution in [0.3, 0.4) is 0 Å². The summed E-state index contributed by atoms with van der Waals surface area (Å²) in [5.74, 6) is -0.963. The Morgan fingerprint density at radius 3 is 1.96 bits per heavy atom. The van der Waals surface area contributed by atoms with Crippen molar-refractivity contribution in [3.8, 4) is 0 Å². The number of sulfonamides is 1. The van der Waals surface area contributed by atoms with Crippen LogP contribution in [0.1, 0.15) is 46.5 Å². The van der Waals surface area contributed by atoms with Gasteiger partial charge in [0, 0.05) is 32.2 Å². The van der Waals surface area contributed by atoms with E-state index < -0.39 is 16.0 Å². The minimum atomic E-state index is -3.22. The van der Waals surface area contributed by atoms with Crippen molar-refractivity contribution in [2.24, 2.45) is 0 Å². The first-order valence-corrected chi connectivity index (χ1v) is 11.1. The molecular weight excluding hydrogens is 394 g/mol. The third-order valence-electron chi connectivity index (χ3n) is 4.71. The maximum absolute atomic E-state index is 12.6. The van der Waals surface area contributed by atoms with Gasteiger partial charge in [0.1, 0.15) is 0 Å². The Hall–Kier alpha value is -0.900. The third-order valence-corrected chi connectivity index (χ3v) is 6.60. The quantitative estimate of drug-likeness (QED) is 0.533. The molecule has 160 valence electrons. The molecule has 0 aliphatic carbocycles. The lowest BCUT2D eigenvalue weighted by molar-refractivity contribution is -0.141. The lowest BCUT2D eigenvalue weighted by atomic mass is 10.0. The summed E-state index contributed by atoms with van der Waals surface area (Å²) >= 11 is 0. The van der Waals surface area contributed by atoms with Gasteiger partial charge in [-0.3, -0.25) is 14.5 Å². The summed E-state index contributed by atoms with van der Waals surface area (Å²) in [5, 5.41) is 9.22. The highest BCUT2D eigenvalue weighted by molar-refractivity contribution is 7.89. The molecule has 0 aromatic carbocycles. The van der Waals surface area contributed by atoms with Crippen LogP contribution in [-0.4, -0.2) is 90.6 Å². The molecular formula is C17H34ClN3O5S. The SMILES string of the molecule is CCCN(CCC)C(=O)CN(CC(=O)O)C1CCN(S(=O)(=O)CC)CC1.Cl. The summed E-state index contributed by atoms with van der Waals surface area (Å²) in [6.45, 7) is 7.58. The number of hydrogen-bond donors (Lipinski definition) is 1. The van der Waals surface area contributed by atoms with Gasteiger partial charge in [0.25, 0.3) is 0 Å². The van der Waals surface area contributed by atoms with Crippen molar-refractivity contribution in [3.05, 3.63) is 0 Å². The smallest absolute Gasteiger partial charge is 0.317 e. The molecule has 10 heteroatoms. The molecule has 1 aliphatic heterocycles. The summed E-state index contributed by atoms with van der Waals surface area (Å²) in [6.07, 6.45) is 2.80. The van der Waals surface area contributed by atoms with Crippen LogP contribution in [0.15, 0.2) is 0 Å². The largest absolute Gasteiger partial charge is 0.480 e. The standard InChI is InChI=1S/C17H33N3O5S.ClH/c1-4-9-18(10-5-2)16(21)13-19(14-17(22)23)15-7-11-20(12-8-15)26(24,25)6-3;/h15H,4-14H2,1-3H3,(H,22,23);1H. The number of aliphatic carboxylic acids is 1. The van der Waals surface area contributed by atoms with Crippen molar-refractivity contribution >= 4 is 34.3 Å². The van der Waals surface area contributed by atoms with Crippen molar-refractivity contribution < 1.29 is 23.1 Å². The number of piperidine rings is 1. The first-order valence-electron chi connectivity index (χ1n) is 9.46. The van der Waals surface area contributed by atoms with Gasteiger partial charge in [-0.05, 0) is 32.6 Å². The van der Waals surface area contributed by atoms with E-state index in [0.29, 0.717) is 39.0 Å². The van der Waals surface area contributed by atoms with Gasteiger partial charge in [0.2, 0.25) is 15.9 Å². The van der Waals surface area contributed by atoms with E-state index in [1.165, 1.54) is 4.31 Å². The second kappa shape index (κ2) is 12.5. The number of rotatable bonds is 11. The summed E-state index contributed by atoms with van der Waals surface area (Å²) < 4.78 is 25.4. The maximum Gasteiger partial charge on any atom is 0.317 e. The average Bonchev–Trinajstić information content (AvgIpc) is 2.60. The Morgan fingerprint density at radius 2 is 1.56 bits per heavy atom. The fourth-order valence-corrected chi connectivity index (χ4v) is 4.46. The number of nitrogens with zero attached hydrogens (tertiary/aromatic N) is 3. The third kappa shape index (κ3) is 8.33. The zero-order valence-corrected chi connectivity index (χ0v) is 18.2. The van der Waals surface area contributed by atoms with Gasteiger partial charge in [-0.25, -0.2) is 12.7 Å². The fourth-order valence-electron chi connectivity index (χ4n) is 3.33. The second-order valence-electron chi connectivity index (χ2n) is 6.71. The van der Waals surface area contributed by atoms with Crippen molar-refractivity contribution in [1.82, 2.24) is 14.1 Å². The van der Waals surface area contributed by atoms with E-state index in [1.54, 1.807) is 16.7 Å². The van der Waals surface area contributed by atoms with E-state index in [1.807, 2.05) is 13.8 Å². The minimum Gasteiger partial charge on any atom is -0.480 e. The van der Waals surface area contributed by atoms with Crippen LogP contribution >= 0.6 is 12.4 Å². The molecule has 1 N–H and O–H groups in total. The Bertz CT molecular complexity index is 559. The van der Waals surface area contributed by atoms with E-state index in [9.17, 15) is 23.1 Å². The number of carboxylic acids is 1. The van der Waals surface area contributed by atoms with Gasteiger partial charge in [-0.1, -0.05) is 13.8 Å². The summed E-state index contributed by atoms with van der Waals surface area (Å²) in [5.41, 5.74) is 0. The number of amides is 1. The van der Waals surface area contributed by atoms with Crippen LogP contribution < -0.4 is 0 Å². The number of carbonyl (C=O) groups excluding carboxylic acids is 1. The molecule has 8 nitrogen and oxygen atoms in total. The molecule has 0 saturated carbocycles. The first-order chi connectivity index (χ1) is 12.2. The van der Waals surface area contributed by atoms with E-state index in [-0.39, 0.29) is 43.2 Å². The molecule has 0 atom stereocenters. The van der Waals surface area contributed by atoms with E-state index in [2.05, 4.69) is 0 Å². The van der Waals surface area contributed by atoms with Crippen molar-refractivity contribution in [3.63, 3.8) is 0 Å². The molecule has 0 bridgehead atoms. The molecule has 1 rings (SSSR count). The lowest BCUT2D eigenvalue weighted by Crippen LogP contribution is -2.51. The van der Waals surface area contributed by atoms with Crippen LogP contribution in [0.5, 0.6) is 0 Å². The lowest BCUT2D eigenvalue weighted by Gasteiger charge is -2.37. The molecule has 1 amide bonds. The van der Waals surface area contributed by atoms with Crippen LogP contribution in [0.25, 0.3) is 0 Å². The Morgan fingerprint density at radius 1 is 1.04 bits per heavy atom. The van der Waals surface area contributed by atoms with E-state index >= 15 is 0 Å². The molecule has 1 fully saturated rings. The molecule has 0 spiro atoms. The Balaban J connectivity index is 0.00000676. The van der Waals surface area contributed by atoms with Crippen molar-refractivity contribution in [1.29, 1.82) is 0 Å². The minimum absolute atomic E-state index is 0. The molecule has 1 heterocycles. The molecule has 0 unspecified atom stereocenters. The monoisotopic (exact) mass is 427 g/mol. The van der Waals surface area contributed by atoms with Gasteiger partial charge in [0.15, 0.2) is 0 Å². The average molecular weight is 428 g/mol. The highest BCUT2D eigenvalue weighted by Gasteiger charge is 2.32. The second-order valence-corrected chi connectivity index (χ2v) is 8.97. The summed E-state index contributed by atoms with van der Waals surface area (Å²) in [4.78, 5) is 27.3. The van der Waals surface area contributed by atoms with Gasteiger partial charge in [-0.15, -0.1) is 12.4 Å². The Labute approximate surface area is 169 Å². The summed E-state index contributed by atoms with van der Waals surface area (Å²) in [6, 6.07) is -0.0940. The molecule has 1 saturated heterocycles. The summed E-state index contributed by atoms with van der Waals surface area (Å²) in [7, 11) is -3.22. The highest BCUT2D eigenvalue weighted by atomic mass is 35.5. The van der Waals surface area contributed by atoms with Crippen LogP contribution in [0, 0.1) is 0 Å². The van der Waals surface area contributed by atoms with Gasteiger partial charge < -0.3 is 10.0 Å². The zero-order chi connectivity index (χ0) is 19.7. The van der Waals surface area contributed by atoms with Crippen molar-refractivity contribution in [2.75, 3.05) is 45.0 Å². The number of carbonyl (C=O) groups is 2. The normalized spacial score (nSPS) is 16.1. The molecule has 0 radical (unpaired) electrons. The van der Waals surface area contributed by atoms with Gasteiger partial charge >= 0.3 is 5.97 Å². The highest BCUT2D eigenvalue weighted by Crippen LogP contribution is 2.19. The Kier molecular flexibility index (Phi) is 12.1.